The number of hydrogen-bond donors (Lipinski definition) is 2. The first-order chi connectivity index (χ1) is 9.46. The Morgan fingerprint density at radius 2 is 1.85 bits per heavy atom. The molecule has 4 nitrogen and oxygen atoms in total. The second kappa shape index (κ2) is 6.22. The van der Waals surface area contributed by atoms with Crippen molar-refractivity contribution in [3.63, 3.8) is 0 Å². The van der Waals surface area contributed by atoms with E-state index in [2.05, 4.69) is 56.2 Å². The molecule has 1 saturated heterocycles. The van der Waals surface area contributed by atoms with Crippen LogP contribution in [0.5, 0.6) is 0 Å². The number of hydrogen-bond acceptors (Lipinski definition) is 4. The Hall–Kier alpha value is -0.940. The maximum Gasteiger partial charge on any atom is 0.0638 e. The molecule has 1 aliphatic rings. The Balaban J connectivity index is 2.27. The monoisotopic (exact) mass is 277 g/mol. The number of benzene rings is 1. The van der Waals surface area contributed by atoms with Crippen LogP contribution in [0.25, 0.3) is 0 Å². The molecule has 0 saturated carbocycles. The van der Waals surface area contributed by atoms with Gasteiger partial charge in [0, 0.05) is 18.6 Å². The van der Waals surface area contributed by atoms with Crippen LogP contribution in [-0.2, 0) is 4.74 Å². The van der Waals surface area contributed by atoms with Crippen LogP contribution in [-0.4, -0.2) is 36.7 Å². The fourth-order valence-electron chi connectivity index (χ4n) is 2.97. The Kier molecular flexibility index (Phi) is 4.81. The average molecular weight is 277 g/mol. The Morgan fingerprint density at radius 3 is 2.40 bits per heavy atom. The van der Waals surface area contributed by atoms with E-state index in [0.29, 0.717) is 0 Å². The van der Waals surface area contributed by atoms with Gasteiger partial charge in [-0.15, -0.1) is 0 Å². The summed E-state index contributed by atoms with van der Waals surface area (Å²) >= 11 is 0. The number of aryl methyl sites for hydroxylation is 2. The molecule has 0 spiro atoms. The standard InChI is InChI=1S/C16H27N3O/c1-12-5-6-14(11-13(12)2)15(18-17)16(3,4)19-7-9-20-10-8-19/h5-6,11,15,18H,7-10,17H2,1-4H3. The van der Waals surface area contributed by atoms with Gasteiger partial charge in [-0.2, -0.15) is 0 Å². The van der Waals surface area contributed by atoms with Crippen LogP contribution < -0.4 is 11.3 Å². The highest BCUT2D eigenvalue weighted by Gasteiger charge is 2.36. The number of ether oxygens (including phenoxy) is 1. The molecule has 1 atom stereocenters. The van der Waals surface area contributed by atoms with Crippen molar-refractivity contribution in [2.24, 2.45) is 5.84 Å². The van der Waals surface area contributed by atoms with Gasteiger partial charge in [0.25, 0.3) is 0 Å². The van der Waals surface area contributed by atoms with Gasteiger partial charge in [0.05, 0.1) is 19.3 Å². The molecule has 1 heterocycles. The lowest BCUT2D eigenvalue weighted by Gasteiger charge is -2.45. The number of morpholine rings is 1. The van der Waals surface area contributed by atoms with Crippen molar-refractivity contribution in [2.75, 3.05) is 26.3 Å². The first-order valence-corrected chi connectivity index (χ1v) is 7.33. The van der Waals surface area contributed by atoms with Crippen molar-refractivity contribution >= 4 is 0 Å². The second-order valence-corrected chi connectivity index (χ2v) is 6.20. The molecule has 0 bridgehead atoms. The quantitative estimate of drug-likeness (QED) is 0.652. The molecule has 1 aromatic rings. The average Bonchev–Trinajstić information content (AvgIpc) is 2.44. The lowest BCUT2D eigenvalue weighted by atomic mass is 9.86. The number of nitrogens with one attached hydrogen (secondary N) is 1. The molecule has 0 aromatic heterocycles. The van der Waals surface area contributed by atoms with Gasteiger partial charge in [-0.3, -0.25) is 16.2 Å². The molecule has 1 aromatic carbocycles. The SMILES string of the molecule is Cc1ccc(C(NN)C(C)(C)N2CCOCC2)cc1C. The van der Waals surface area contributed by atoms with Gasteiger partial charge in [-0.05, 0) is 44.4 Å². The lowest BCUT2D eigenvalue weighted by Crippen LogP contribution is -2.57. The first-order valence-electron chi connectivity index (χ1n) is 7.33. The summed E-state index contributed by atoms with van der Waals surface area (Å²) in [7, 11) is 0. The number of rotatable bonds is 4. The van der Waals surface area contributed by atoms with Crippen molar-refractivity contribution in [3.8, 4) is 0 Å². The van der Waals surface area contributed by atoms with E-state index in [-0.39, 0.29) is 11.6 Å². The van der Waals surface area contributed by atoms with Gasteiger partial charge in [0.2, 0.25) is 0 Å². The molecule has 20 heavy (non-hydrogen) atoms. The summed E-state index contributed by atoms with van der Waals surface area (Å²) in [5.41, 5.74) is 6.83. The summed E-state index contributed by atoms with van der Waals surface area (Å²) in [4.78, 5) is 2.45. The lowest BCUT2D eigenvalue weighted by molar-refractivity contribution is -0.0238. The Morgan fingerprint density at radius 1 is 1.20 bits per heavy atom. The maximum absolute atomic E-state index is 5.88. The number of nitrogens with two attached hydrogens (primary N) is 1. The minimum Gasteiger partial charge on any atom is -0.379 e. The van der Waals surface area contributed by atoms with Gasteiger partial charge in [0.15, 0.2) is 0 Å². The normalized spacial score (nSPS) is 19.1. The van der Waals surface area contributed by atoms with Crippen LogP contribution in [0.1, 0.15) is 36.6 Å². The minimum atomic E-state index is -0.0553. The summed E-state index contributed by atoms with van der Waals surface area (Å²) in [6.07, 6.45) is 0. The second-order valence-electron chi connectivity index (χ2n) is 6.20. The summed E-state index contributed by atoms with van der Waals surface area (Å²) in [6, 6.07) is 6.68. The van der Waals surface area contributed by atoms with Crippen LogP contribution in [0.4, 0.5) is 0 Å². The number of hydrazine groups is 1. The van der Waals surface area contributed by atoms with Gasteiger partial charge in [0.1, 0.15) is 0 Å². The van der Waals surface area contributed by atoms with Crippen LogP contribution in [0.15, 0.2) is 18.2 Å². The van der Waals surface area contributed by atoms with E-state index in [4.69, 9.17) is 10.6 Å². The predicted octanol–water partition coefficient (Wildman–Crippen LogP) is 1.92. The Labute approximate surface area is 122 Å². The van der Waals surface area contributed by atoms with Crippen molar-refractivity contribution < 1.29 is 4.74 Å². The molecular formula is C16H27N3O. The molecule has 1 unspecified atom stereocenters. The smallest absolute Gasteiger partial charge is 0.0638 e. The molecule has 0 aliphatic carbocycles. The first kappa shape index (κ1) is 15.4. The van der Waals surface area contributed by atoms with Gasteiger partial charge < -0.3 is 4.74 Å². The summed E-state index contributed by atoms with van der Waals surface area (Å²) in [5, 5.41) is 0. The van der Waals surface area contributed by atoms with E-state index in [9.17, 15) is 0 Å². The van der Waals surface area contributed by atoms with Crippen molar-refractivity contribution in [1.82, 2.24) is 10.3 Å². The highest BCUT2D eigenvalue weighted by Crippen LogP contribution is 2.32. The molecular weight excluding hydrogens is 250 g/mol. The molecule has 0 amide bonds. The van der Waals surface area contributed by atoms with E-state index in [0.717, 1.165) is 26.3 Å². The summed E-state index contributed by atoms with van der Waals surface area (Å²) < 4.78 is 5.46. The molecule has 112 valence electrons. The van der Waals surface area contributed by atoms with Crippen molar-refractivity contribution in [3.05, 3.63) is 34.9 Å². The summed E-state index contributed by atoms with van der Waals surface area (Å²) in [5.74, 6) is 5.88. The van der Waals surface area contributed by atoms with E-state index in [1.54, 1.807) is 0 Å². The molecule has 0 radical (unpaired) electrons. The topological polar surface area (TPSA) is 50.5 Å². The maximum atomic E-state index is 5.88. The van der Waals surface area contributed by atoms with Crippen LogP contribution in [0, 0.1) is 13.8 Å². The van der Waals surface area contributed by atoms with E-state index >= 15 is 0 Å². The Bertz CT molecular complexity index is 453. The highest BCUT2D eigenvalue weighted by atomic mass is 16.5. The molecule has 3 N–H and O–H groups in total. The third-order valence-electron chi connectivity index (χ3n) is 4.56. The third kappa shape index (κ3) is 3.04. The molecule has 1 fully saturated rings. The predicted molar refractivity (Wildman–Crippen MR) is 82.5 cm³/mol. The van der Waals surface area contributed by atoms with E-state index in [1.165, 1.54) is 16.7 Å². The van der Waals surface area contributed by atoms with Gasteiger partial charge in [-0.25, -0.2) is 0 Å². The highest BCUT2D eigenvalue weighted by molar-refractivity contribution is 5.33. The summed E-state index contributed by atoms with van der Waals surface area (Å²) in [6.45, 7) is 12.3. The van der Waals surface area contributed by atoms with E-state index < -0.39 is 0 Å². The molecule has 4 heteroatoms. The zero-order valence-corrected chi connectivity index (χ0v) is 13.1. The van der Waals surface area contributed by atoms with E-state index in [1.807, 2.05) is 0 Å². The van der Waals surface area contributed by atoms with Crippen LogP contribution in [0.2, 0.25) is 0 Å². The van der Waals surface area contributed by atoms with Crippen LogP contribution >= 0.6 is 0 Å². The third-order valence-corrected chi connectivity index (χ3v) is 4.56. The largest absolute Gasteiger partial charge is 0.379 e. The van der Waals surface area contributed by atoms with Crippen molar-refractivity contribution in [1.29, 1.82) is 0 Å². The molecule has 1 aliphatic heterocycles. The zero-order chi connectivity index (χ0) is 14.8. The van der Waals surface area contributed by atoms with Crippen molar-refractivity contribution in [2.45, 2.75) is 39.3 Å². The fraction of sp³-hybridized carbons (Fsp3) is 0.625. The number of nitrogens with zero attached hydrogens (tertiary/aromatic N) is 1. The van der Waals surface area contributed by atoms with Gasteiger partial charge in [-0.1, -0.05) is 18.2 Å². The minimum absolute atomic E-state index is 0.0553. The van der Waals surface area contributed by atoms with Gasteiger partial charge >= 0.3 is 0 Å². The molecule has 2 rings (SSSR count). The van der Waals surface area contributed by atoms with Crippen LogP contribution in [0.3, 0.4) is 0 Å². The zero-order valence-electron chi connectivity index (χ0n) is 13.1. The fourth-order valence-corrected chi connectivity index (χ4v) is 2.97.